The van der Waals surface area contributed by atoms with E-state index in [-0.39, 0.29) is 0 Å². The van der Waals surface area contributed by atoms with Crippen LogP contribution >= 0.6 is 11.3 Å². The van der Waals surface area contributed by atoms with Gasteiger partial charge < -0.3 is 0 Å². The molecule has 0 bridgehead atoms. The molecule has 1 aromatic rings. The molecule has 0 atom stereocenters. The van der Waals surface area contributed by atoms with Gasteiger partial charge >= 0.3 is 0 Å². The first kappa shape index (κ1) is 10.9. The van der Waals surface area contributed by atoms with E-state index in [1.54, 1.807) is 11.3 Å². The summed E-state index contributed by atoms with van der Waals surface area (Å²) < 4.78 is 0. The Labute approximate surface area is 89.5 Å². The summed E-state index contributed by atoms with van der Waals surface area (Å²) in [6.07, 6.45) is 2.01. The molecule has 0 saturated carbocycles. The van der Waals surface area contributed by atoms with Crippen LogP contribution < -0.4 is 0 Å². The summed E-state index contributed by atoms with van der Waals surface area (Å²) in [4.78, 5) is 5.68. The van der Waals surface area contributed by atoms with Crippen LogP contribution in [0, 0.1) is 0 Å². The Bertz CT molecular complexity index is 365. The van der Waals surface area contributed by atoms with Gasteiger partial charge in [0, 0.05) is 5.71 Å². The summed E-state index contributed by atoms with van der Waals surface area (Å²) in [5.74, 6) is 0. The molecule has 0 amide bonds. The fraction of sp³-hybridized carbons (Fsp3) is 0.250. The zero-order valence-corrected chi connectivity index (χ0v) is 9.69. The molecule has 0 fully saturated rings. The van der Waals surface area contributed by atoms with Gasteiger partial charge in [-0.3, -0.25) is 4.99 Å². The highest BCUT2D eigenvalue weighted by Crippen LogP contribution is 2.22. The summed E-state index contributed by atoms with van der Waals surface area (Å²) in [5.41, 5.74) is 3.09. The number of allylic oxidation sites excluding steroid dienone is 2. The molecule has 1 aromatic heterocycles. The van der Waals surface area contributed by atoms with E-state index in [4.69, 9.17) is 0 Å². The molecule has 74 valence electrons. The maximum atomic E-state index is 4.49. The summed E-state index contributed by atoms with van der Waals surface area (Å²) in [6.45, 7) is 9.85. The van der Waals surface area contributed by atoms with E-state index in [1.807, 2.05) is 32.9 Å². The van der Waals surface area contributed by atoms with E-state index < -0.39 is 0 Å². The minimum atomic E-state index is 1.01. The van der Waals surface area contributed by atoms with Crippen molar-refractivity contribution in [2.45, 2.75) is 20.8 Å². The third-order valence-electron chi connectivity index (χ3n) is 1.50. The lowest BCUT2D eigenvalue weighted by Crippen LogP contribution is -1.84. The van der Waals surface area contributed by atoms with Crippen LogP contribution in [0.3, 0.4) is 0 Å². The minimum Gasteiger partial charge on any atom is -0.257 e. The average molecular weight is 205 g/mol. The van der Waals surface area contributed by atoms with Crippen LogP contribution in [-0.2, 0) is 0 Å². The number of thiophene rings is 1. The van der Waals surface area contributed by atoms with Crippen LogP contribution in [0.1, 0.15) is 25.6 Å². The number of hydrogen-bond donors (Lipinski definition) is 0. The highest BCUT2D eigenvalue weighted by Gasteiger charge is 2.00. The quantitative estimate of drug-likeness (QED) is 0.519. The molecule has 2 heteroatoms. The van der Waals surface area contributed by atoms with Crippen molar-refractivity contribution in [1.29, 1.82) is 0 Å². The second-order valence-corrected chi connectivity index (χ2v) is 4.36. The molecule has 0 spiro atoms. The van der Waals surface area contributed by atoms with Gasteiger partial charge in [-0.25, -0.2) is 0 Å². The molecule has 0 unspecified atom stereocenters. The lowest BCUT2D eigenvalue weighted by atomic mass is 10.2. The normalized spacial score (nSPS) is 11.2. The van der Waals surface area contributed by atoms with Gasteiger partial charge in [0.15, 0.2) is 0 Å². The van der Waals surface area contributed by atoms with Gasteiger partial charge in [0.05, 0.1) is 10.6 Å². The zero-order chi connectivity index (χ0) is 10.6. The number of aliphatic imine (C=N–C) groups is 1. The monoisotopic (exact) mass is 205 g/mol. The molecule has 0 N–H and O–H groups in total. The summed E-state index contributed by atoms with van der Waals surface area (Å²) in [7, 11) is 0. The van der Waals surface area contributed by atoms with E-state index in [9.17, 15) is 0 Å². The zero-order valence-electron chi connectivity index (χ0n) is 8.87. The SMILES string of the molecule is C=C(C)/C=C(\N=C(C)C)c1cccs1. The third kappa shape index (κ3) is 3.30. The highest BCUT2D eigenvalue weighted by atomic mass is 32.1. The fourth-order valence-electron chi connectivity index (χ4n) is 1.06. The minimum absolute atomic E-state index is 1.01. The van der Waals surface area contributed by atoms with E-state index in [0.717, 1.165) is 17.0 Å². The van der Waals surface area contributed by atoms with Crippen molar-refractivity contribution in [2.24, 2.45) is 4.99 Å². The Morgan fingerprint density at radius 1 is 1.43 bits per heavy atom. The largest absolute Gasteiger partial charge is 0.257 e. The Kier molecular flexibility index (Phi) is 3.84. The summed E-state index contributed by atoms with van der Waals surface area (Å²) in [5, 5.41) is 2.06. The first-order chi connectivity index (χ1) is 6.59. The predicted octanol–water partition coefficient (Wildman–Crippen LogP) is 4.15. The molecular formula is C12H15NS. The molecule has 0 saturated heterocycles. The van der Waals surface area contributed by atoms with Crippen LogP contribution in [0.15, 0.2) is 40.7 Å². The molecular weight excluding hydrogens is 190 g/mol. The first-order valence-electron chi connectivity index (χ1n) is 4.52. The fourth-order valence-corrected chi connectivity index (χ4v) is 1.74. The second-order valence-electron chi connectivity index (χ2n) is 3.41. The third-order valence-corrected chi connectivity index (χ3v) is 2.39. The van der Waals surface area contributed by atoms with E-state index >= 15 is 0 Å². The average Bonchev–Trinajstić information content (AvgIpc) is 2.52. The van der Waals surface area contributed by atoms with Gasteiger partial charge in [0.25, 0.3) is 0 Å². The molecule has 1 nitrogen and oxygen atoms in total. The lowest BCUT2D eigenvalue weighted by molar-refractivity contribution is 1.47. The molecule has 0 aliphatic carbocycles. The second kappa shape index (κ2) is 4.91. The van der Waals surface area contributed by atoms with E-state index in [1.165, 1.54) is 4.88 Å². The predicted molar refractivity (Wildman–Crippen MR) is 65.9 cm³/mol. The Morgan fingerprint density at radius 3 is 2.57 bits per heavy atom. The van der Waals surface area contributed by atoms with Crippen LogP contribution in [0.4, 0.5) is 0 Å². The van der Waals surface area contributed by atoms with Gasteiger partial charge in [-0.15, -0.1) is 11.3 Å². The van der Waals surface area contributed by atoms with Crippen molar-refractivity contribution in [3.8, 4) is 0 Å². The lowest BCUT2D eigenvalue weighted by Gasteiger charge is -1.99. The molecule has 1 heterocycles. The van der Waals surface area contributed by atoms with Crippen molar-refractivity contribution < 1.29 is 0 Å². The number of nitrogens with zero attached hydrogens (tertiary/aromatic N) is 1. The van der Waals surface area contributed by atoms with Crippen molar-refractivity contribution >= 4 is 22.7 Å². The topological polar surface area (TPSA) is 12.4 Å². The van der Waals surface area contributed by atoms with Gasteiger partial charge in [0.1, 0.15) is 0 Å². The maximum absolute atomic E-state index is 4.49. The highest BCUT2D eigenvalue weighted by molar-refractivity contribution is 7.11. The van der Waals surface area contributed by atoms with Gasteiger partial charge in [-0.2, -0.15) is 0 Å². The van der Waals surface area contributed by atoms with E-state index in [0.29, 0.717) is 0 Å². The Morgan fingerprint density at radius 2 is 2.14 bits per heavy atom. The van der Waals surface area contributed by atoms with Gasteiger partial charge in [-0.05, 0) is 38.3 Å². The molecule has 1 rings (SSSR count). The number of rotatable bonds is 3. The molecule has 0 aliphatic heterocycles. The van der Waals surface area contributed by atoms with Crippen molar-refractivity contribution in [2.75, 3.05) is 0 Å². The van der Waals surface area contributed by atoms with Crippen LogP contribution in [0.25, 0.3) is 5.70 Å². The molecule has 14 heavy (non-hydrogen) atoms. The Balaban J connectivity index is 3.07. The molecule has 0 radical (unpaired) electrons. The van der Waals surface area contributed by atoms with Gasteiger partial charge in [-0.1, -0.05) is 18.2 Å². The van der Waals surface area contributed by atoms with Crippen LogP contribution in [-0.4, -0.2) is 5.71 Å². The van der Waals surface area contributed by atoms with Crippen molar-refractivity contribution in [3.05, 3.63) is 40.6 Å². The number of hydrogen-bond acceptors (Lipinski definition) is 2. The standard InChI is InChI=1S/C12H15NS/c1-9(2)8-11(13-10(3)4)12-6-5-7-14-12/h5-8H,1H2,2-4H3/b11-8-. The van der Waals surface area contributed by atoms with Gasteiger partial charge in [0.2, 0.25) is 0 Å². The molecule has 0 aliphatic rings. The van der Waals surface area contributed by atoms with E-state index in [2.05, 4.69) is 23.0 Å². The Hall–Kier alpha value is -1.15. The van der Waals surface area contributed by atoms with Crippen LogP contribution in [0.2, 0.25) is 0 Å². The summed E-state index contributed by atoms with van der Waals surface area (Å²) >= 11 is 1.70. The molecule has 0 aromatic carbocycles. The maximum Gasteiger partial charge on any atom is 0.0803 e. The van der Waals surface area contributed by atoms with Crippen molar-refractivity contribution in [3.63, 3.8) is 0 Å². The first-order valence-corrected chi connectivity index (χ1v) is 5.40. The summed E-state index contributed by atoms with van der Waals surface area (Å²) in [6, 6.07) is 4.11. The van der Waals surface area contributed by atoms with Crippen LogP contribution in [0.5, 0.6) is 0 Å². The van der Waals surface area contributed by atoms with Crippen molar-refractivity contribution in [1.82, 2.24) is 0 Å². The smallest absolute Gasteiger partial charge is 0.0803 e.